The highest BCUT2D eigenvalue weighted by atomic mass is 35.5. The second kappa shape index (κ2) is 6.15. The summed E-state index contributed by atoms with van der Waals surface area (Å²) in [6, 6.07) is 12.0. The Morgan fingerprint density at radius 2 is 1.92 bits per heavy atom. The SMILES string of the molecule is CCc1nnc(SCc2ccc(Cl)cc2)c2cc3oc(C)cc3n12. The number of halogens is 1. The van der Waals surface area contributed by atoms with Crippen molar-refractivity contribution in [2.24, 2.45) is 0 Å². The van der Waals surface area contributed by atoms with Gasteiger partial charge in [0.25, 0.3) is 0 Å². The summed E-state index contributed by atoms with van der Waals surface area (Å²) in [5.74, 6) is 2.67. The number of benzene rings is 1. The van der Waals surface area contributed by atoms with Crippen molar-refractivity contribution in [2.45, 2.75) is 31.0 Å². The fraction of sp³-hybridized carbons (Fsp3) is 0.222. The van der Waals surface area contributed by atoms with Crippen LogP contribution in [0.3, 0.4) is 0 Å². The molecule has 122 valence electrons. The van der Waals surface area contributed by atoms with Crippen LogP contribution in [0.4, 0.5) is 0 Å². The van der Waals surface area contributed by atoms with Crippen LogP contribution in [0.5, 0.6) is 0 Å². The number of hydrogen-bond donors (Lipinski definition) is 0. The highest BCUT2D eigenvalue weighted by Gasteiger charge is 2.15. The van der Waals surface area contributed by atoms with E-state index in [2.05, 4.69) is 33.7 Å². The van der Waals surface area contributed by atoms with E-state index in [1.165, 1.54) is 5.56 Å². The van der Waals surface area contributed by atoms with Gasteiger partial charge in [0.1, 0.15) is 16.6 Å². The fourth-order valence-corrected chi connectivity index (χ4v) is 3.83. The summed E-state index contributed by atoms with van der Waals surface area (Å²) in [5, 5.41) is 10.5. The highest BCUT2D eigenvalue weighted by molar-refractivity contribution is 7.98. The second-order valence-electron chi connectivity index (χ2n) is 5.66. The van der Waals surface area contributed by atoms with E-state index < -0.39 is 0 Å². The van der Waals surface area contributed by atoms with Crippen molar-refractivity contribution >= 4 is 40.0 Å². The van der Waals surface area contributed by atoms with Crippen LogP contribution in [0.2, 0.25) is 5.02 Å². The molecule has 4 rings (SSSR count). The second-order valence-corrected chi connectivity index (χ2v) is 7.06. The smallest absolute Gasteiger partial charge is 0.153 e. The number of fused-ring (bicyclic) bond motifs is 3. The van der Waals surface area contributed by atoms with Gasteiger partial charge in [0.05, 0.1) is 11.0 Å². The lowest BCUT2D eigenvalue weighted by molar-refractivity contribution is 0.579. The number of thioether (sulfide) groups is 1. The molecule has 24 heavy (non-hydrogen) atoms. The minimum Gasteiger partial charge on any atom is -0.460 e. The summed E-state index contributed by atoms with van der Waals surface area (Å²) in [4.78, 5) is 0. The third-order valence-electron chi connectivity index (χ3n) is 3.95. The molecule has 0 aliphatic heterocycles. The molecule has 0 fully saturated rings. The van der Waals surface area contributed by atoms with Gasteiger partial charge in [-0.1, -0.05) is 42.4 Å². The Hall–Kier alpha value is -1.98. The summed E-state index contributed by atoms with van der Waals surface area (Å²) in [6.07, 6.45) is 0.819. The van der Waals surface area contributed by atoms with Gasteiger partial charge in [0, 0.05) is 29.3 Å². The highest BCUT2D eigenvalue weighted by Crippen LogP contribution is 2.31. The van der Waals surface area contributed by atoms with E-state index in [1.807, 2.05) is 31.2 Å². The summed E-state index contributed by atoms with van der Waals surface area (Å²) >= 11 is 7.61. The summed E-state index contributed by atoms with van der Waals surface area (Å²) in [7, 11) is 0. The third-order valence-corrected chi connectivity index (χ3v) is 5.25. The topological polar surface area (TPSA) is 43.3 Å². The molecular weight excluding hydrogens is 342 g/mol. The average molecular weight is 358 g/mol. The van der Waals surface area contributed by atoms with Crippen LogP contribution in [0.1, 0.15) is 24.1 Å². The van der Waals surface area contributed by atoms with E-state index in [0.29, 0.717) is 0 Å². The van der Waals surface area contributed by atoms with Crippen LogP contribution in [0.15, 0.2) is 45.8 Å². The van der Waals surface area contributed by atoms with E-state index in [-0.39, 0.29) is 0 Å². The molecule has 1 aromatic carbocycles. The van der Waals surface area contributed by atoms with Gasteiger partial charge < -0.3 is 4.42 Å². The number of hydrogen-bond acceptors (Lipinski definition) is 4. The van der Waals surface area contributed by atoms with Crippen molar-refractivity contribution in [3.63, 3.8) is 0 Å². The van der Waals surface area contributed by atoms with Crippen molar-refractivity contribution in [3.8, 4) is 0 Å². The lowest BCUT2D eigenvalue weighted by atomic mass is 10.2. The number of rotatable bonds is 4. The quantitative estimate of drug-likeness (QED) is 0.465. The van der Waals surface area contributed by atoms with Crippen LogP contribution < -0.4 is 0 Å². The Morgan fingerprint density at radius 3 is 2.67 bits per heavy atom. The zero-order valence-electron chi connectivity index (χ0n) is 13.4. The maximum Gasteiger partial charge on any atom is 0.153 e. The molecule has 4 aromatic rings. The molecule has 0 unspecified atom stereocenters. The van der Waals surface area contributed by atoms with Gasteiger partial charge in [-0.2, -0.15) is 0 Å². The molecule has 3 aromatic heterocycles. The summed E-state index contributed by atoms with van der Waals surface area (Å²) < 4.78 is 7.94. The van der Waals surface area contributed by atoms with Crippen LogP contribution in [-0.2, 0) is 12.2 Å². The lowest BCUT2D eigenvalue weighted by Gasteiger charge is -2.07. The molecule has 0 amide bonds. The molecule has 0 N–H and O–H groups in total. The number of aromatic nitrogens is 3. The zero-order valence-corrected chi connectivity index (χ0v) is 15.0. The minimum absolute atomic E-state index is 0.751. The van der Waals surface area contributed by atoms with E-state index in [1.54, 1.807) is 11.8 Å². The van der Waals surface area contributed by atoms with Gasteiger partial charge in [-0.25, -0.2) is 0 Å². The van der Waals surface area contributed by atoms with Crippen molar-refractivity contribution in [1.29, 1.82) is 0 Å². The molecule has 0 atom stereocenters. The van der Waals surface area contributed by atoms with Crippen molar-refractivity contribution < 1.29 is 4.42 Å². The summed E-state index contributed by atoms with van der Waals surface area (Å²) in [5.41, 5.74) is 4.19. The third kappa shape index (κ3) is 2.68. The summed E-state index contributed by atoms with van der Waals surface area (Å²) in [6.45, 7) is 4.05. The standard InChI is InChI=1S/C18H16ClN3OS/c1-3-17-20-21-18(24-10-12-4-6-13(19)7-5-12)15-9-16-14(22(15)17)8-11(2)23-16/h4-9H,3,10H2,1-2H3. The van der Waals surface area contributed by atoms with Crippen LogP contribution in [0.25, 0.3) is 16.6 Å². The molecule has 0 radical (unpaired) electrons. The lowest BCUT2D eigenvalue weighted by Crippen LogP contribution is -2.03. The van der Waals surface area contributed by atoms with E-state index in [9.17, 15) is 0 Å². The van der Waals surface area contributed by atoms with E-state index in [0.717, 1.165) is 50.4 Å². The molecule has 0 saturated heterocycles. The van der Waals surface area contributed by atoms with Gasteiger partial charge in [-0.05, 0) is 24.6 Å². The van der Waals surface area contributed by atoms with Crippen molar-refractivity contribution in [3.05, 3.63) is 58.6 Å². The number of aryl methyl sites for hydroxylation is 2. The monoisotopic (exact) mass is 357 g/mol. The first-order chi connectivity index (χ1) is 11.7. The molecule has 6 heteroatoms. The first-order valence-electron chi connectivity index (χ1n) is 7.80. The molecule has 0 bridgehead atoms. The Kier molecular flexibility index (Phi) is 3.98. The first kappa shape index (κ1) is 15.5. The first-order valence-corrected chi connectivity index (χ1v) is 9.16. The fourth-order valence-electron chi connectivity index (χ4n) is 2.81. The van der Waals surface area contributed by atoms with E-state index in [4.69, 9.17) is 16.0 Å². The largest absolute Gasteiger partial charge is 0.460 e. The van der Waals surface area contributed by atoms with Crippen LogP contribution >= 0.6 is 23.4 Å². The van der Waals surface area contributed by atoms with Gasteiger partial charge in [0.2, 0.25) is 0 Å². The number of nitrogens with zero attached hydrogens (tertiary/aromatic N) is 3. The molecular formula is C18H16ClN3OS. The maximum absolute atomic E-state index is 5.94. The van der Waals surface area contributed by atoms with Gasteiger partial charge >= 0.3 is 0 Å². The zero-order chi connectivity index (χ0) is 16.7. The molecule has 0 saturated carbocycles. The van der Waals surface area contributed by atoms with Gasteiger partial charge in [0.15, 0.2) is 5.58 Å². The normalized spacial score (nSPS) is 11.6. The average Bonchev–Trinajstić information content (AvgIpc) is 3.10. The minimum atomic E-state index is 0.751. The van der Waals surface area contributed by atoms with Crippen molar-refractivity contribution in [2.75, 3.05) is 0 Å². The van der Waals surface area contributed by atoms with E-state index >= 15 is 0 Å². The molecule has 0 spiro atoms. The molecule has 4 nitrogen and oxygen atoms in total. The Morgan fingerprint density at radius 1 is 1.12 bits per heavy atom. The van der Waals surface area contributed by atoms with Gasteiger partial charge in [-0.15, -0.1) is 10.2 Å². The number of furan rings is 1. The Bertz CT molecular complexity index is 1020. The predicted molar refractivity (Wildman–Crippen MR) is 97.9 cm³/mol. The molecule has 0 aliphatic carbocycles. The van der Waals surface area contributed by atoms with Gasteiger partial charge in [-0.3, -0.25) is 4.40 Å². The van der Waals surface area contributed by atoms with Crippen LogP contribution in [0, 0.1) is 6.92 Å². The Balaban J connectivity index is 1.75. The maximum atomic E-state index is 5.94. The van der Waals surface area contributed by atoms with Crippen molar-refractivity contribution in [1.82, 2.24) is 14.6 Å². The predicted octanol–water partition coefficient (Wildman–Crippen LogP) is 5.29. The van der Waals surface area contributed by atoms with Crippen LogP contribution in [-0.4, -0.2) is 14.6 Å². The molecule has 0 aliphatic rings. The molecule has 3 heterocycles. The Labute approximate surface area is 148 Å².